The Morgan fingerprint density at radius 1 is 1.48 bits per heavy atom. The van der Waals surface area contributed by atoms with E-state index in [-0.39, 0.29) is 12.1 Å². The number of benzene rings is 1. The van der Waals surface area contributed by atoms with Gasteiger partial charge in [-0.25, -0.2) is 4.79 Å². The van der Waals surface area contributed by atoms with Crippen molar-refractivity contribution in [2.24, 2.45) is 0 Å². The number of nitrogens with zero attached hydrogens (tertiary/aromatic N) is 1. The van der Waals surface area contributed by atoms with Gasteiger partial charge in [-0.1, -0.05) is 11.8 Å². The van der Waals surface area contributed by atoms with E-state index in [0.717, 1.165) is 12.1 Å². The number of alkyl carbamates (subject to hydrolysis) is 1. The van der Waals surface area contributed by atoms with Crippen LogP contribution in [0.2, 0.25) is 0 Å². The molecule has 1 aromatic rings. The summed E-state index contributed by atoms with van der Waals surface area (Å²) >= 11 is 0. The lowest BCUT2D eigenvalue weighted by atomic mass is 10.2. The van der Waals surface area contributed by atoms with Gasteiger partial charge in [0.1, 0.15) is 5.60 Å². The van der Waals surface area contributed by atoms with Crippen LogP contribution in [0, 0.1) is 27.8 Å². The summed E-state index contributed by atoms with van der Waals surface area (Å²) in [6.07, 6.45) is -0.605. The molecule has 112 valence electrons. The lowest BCUT2D eigenvalue weighted by Crippen LogP contribution is -2.32. The van der Waals surface area contributed by atoms with E-state index < -0.39 is 28.1 Å². The first-order valence-corrected chi connectivity index (χ1v) is 6.09. The fraction of sp³-hybridized carbons (Fsp3) is 0.357. The first-order chi connectivity index (χ1) is 9.69. The van der Waals surface area contributed by atoms with E-state index in [1.807, 2.05) is 0 Å². The predicted octanol–water partition coefficient (Wildman–Crippen LogP) is 2.61. The standard InChI is InChI=1S/C14H15FN2O4/c1-14(2,3)21-13(18)16-8-4-5-10-6-7-12(17(19)20)11(15)9-10/h6-7,9H,8H2,1-3H3,(H,16,18). The van der Waals surface area contributed by atoms with E-state index >= 15 is 0 Å². The molecule has 0 radical (unpaired) electrons. The fourth-order valence-corrected chi connectivity index (χ4v) is 1.31. The van der Waals surface area contributed by atoms with E-state index in [9.17, 15) is 19.3 Å². The highest BCUT2D eigenvalue weighted by Crippen LogP contribution is 2.17. The maximum atomic E-state index is 13.3. The van der Waals surface area contributed by atoms with Gasteiger partial charge in [-0.15, -0.1) is 0 Å². The SMILES string of the molecule is CC(C)(C)OC(=O)NCC#Cc1ccc([N+](=O)[O-])c(F)c1. The zero-order chi connectivity index (χ0) is 16.0. The largest absolute Gasteiger partial charge is 0.444 e. The summed E-state index contributed by atoms with van der Waals surface area (Å²) in [5, 5.41) is 12.9. The van der Waals surface area contributed by atoms with Gasteiger partial charge < -0.3 is 10.1 Å². The maximum Gasteiger partial charge on any atom is 0.408 e. The van der Waals surface area contributed by atoms with Crippen LogP contribution in [0.4, 0.5) is 14.9 Å². The molecule has 0 unspecified atom stereocenters. The summed E-state index contributed by atoms with van der Waals surface area (Å²) in [4.78, 5) is 20.9. The Labute approximate surface area is 121 Å². The van der Waals surface area contributed by atoms with Crippen molar-refractivity contribution in [1.82, 2.24) is 5.32 Å². The quantitative estimate of drug-likeness (QED) is 0.516. The first-order valence-electron chi connectivity index (χ1n) is 6.09. The smallest absolute Gasteiger partial charge is 0.408 e. The number of carbonyl (C=O) groups is 1. The molecule has 0 aliphatic heterocycles. The molecule has 7 heteroatoms. The number of hydrogen-bond donors (Lipinski definition) is 1. The summed E-state index contributed by atoms with van der Waals surface area (Å²) < 4.78 is 18.3. The third-order valence-corrected chi connectivity index (χ3v) is 2.10. The summed E-state index contributed by atoms with van der Waals surface area (Å²) in [5.74, 6) is 4.23. The Morgan fingerprint density at radius 3 is 2.67 bits per heavy atom. The molecule has 0 fully saturated rings. The Hall–Kier alpha value is -2.62. The van der Waals surface area contributed by atoms with Crippen molar-refractivity contribution in [3.8, 4) is 11.8 Å². The minimum absolute atomic E-state index is 0.0213. The Morgan fingerprint density at radius 2 is 2.14 bits per heavy atom. The monoisotopic (exact) mass is 294 g/mol. The molecule has 0 aliphatic rings. The van der Waals surface area contributed by atoms with Crippen molar-refractivity contribution in [1.29, 1.82) is 0 Å². The molecule has 1 N–H and O–H groups in total. The van der Waals surface area contributed by atoms with Gasteiger partial charge in [-0.2, -0.15) is 4.39 Å². The van der Waals surface area contributed by atoms with Crippen LogP contribution in [0.25, 0.3) is 0 Å². The molecule has 0 aliphatic carbocycles. The maximum absolute atomic E-state index is 13.3. The molecule has 6 nitrogen and oxygen atoms in total. The van der Waals surface area contributed by atoms with Crippen LogP contribution in [0.3, 0.4) is 0 Å². The molecule has 0 spiro atoms. The van der Waals surface area contributed by atoms with Gasteiger partial charge in [0.2, 0.25) is 5.82 Å². The van der Waals surface area contributed by atoms with E-state index in [2.05, 4.69) is 17.2 Å². The molecule has 21 heavy (non-hydrogen) atoms. The van der Waals surface area contributed by atoms with Crippen molar-refractivity contribution in [3.63, 3.8) is 0 Å². The van der Waals surface area contributed by atoms with Gasteiger partial charge in [0.25, 0.3) is 0 Å². The molecule has 1 rings (SSSR count). The highest BCUT2D eigenvalue weighted by molar-refractivity contribution is 5.68. The van der Waals surface area contributed by atoms with Gasteiger partial charge >= 0.3 is 11.8 Å². The molecule has 0 bridgehead atoms. The lowest BCUT2D eigenvalue weighted by molar-refractivity contribution is -0.387. The van der Waals surface area contributed by atoms with Crippen LogP contribution in [0.1, 0.15) is 26.3 Å². The normalized spacial score (nSPS) is 10.3. The van der Waals surface area contributed by atoms with E-state index in [1.54, 1.807) is 20.8 Å². The van der Waals surface area contributed by atoms with Gasteiger partial charge in [-0.3, -0.25) is 10.1 Å². The van der Waals surface area contributed by atoms with Crippen molar-refractivity contribution in [2.75, 3.05) is 6.54 Å². The zero-order valence-electron chi connectivity index (χ0n) is 11.9. The van der Waals surface area contributed by atoms with Crippen molar-refractivity contribution in [3.05, 3.63) is 39.7 Å². The van der Waals surface area contributed by atoms with Crippen LogP contribution in [-0.2, 0) is 4.74 Å². The van der Waals surface area contributed by atoms with E-state index in [4.69, 9.17) is 4.74 Å². The average Bonchev–Trinajstić information content (AvgIpc) is 2.32. The zero-order valence-corrected chi connectivity index (χ0v) is 11.9. The van der Waals surface area contributed by atoms with Gasteiger partial charge in [-0.05, 0) is 32.9 Å². The van der Waals surface area contributed by atoms with Gasteiger partial charge in [0.15, 0.2) is 0 Å². The Balaban J connectivity index is 2.58. The third kappa shape index (κ3) is 5.91. The topological polar surface area (TPSA) is 81.5 Å². The van der Waals surface area contributed by atoms with Crippen LogP contribution in [0.15, 0.2) is 18.2 Å². The summed E-state index contributed by atoms with van der Waals surface area (Å²) in [6, 6.07) is 3.35. The molecule has 1 amide bonds. The molecular weight excluding hydrogens is 279 g/mol. The highest BCUT2D eigenvalue weighted by atomic mass is 19.1. The van der Waals surface area contributed by atoms with Crippen LogP contribution >= 0.6 is 0 Å². The van der Waals surface area contributed by atoms with Crippen LogP contribution in [0.5, 0.6) is 0 Å². The van der Waals surface area contributed by atoms with E-state index in [0.29, 0.717) is 0 Å². The number of amides is 1. The van der Waals surface area contributed by atoms with Crippen molar-refractivity contribution < 1.29 is 18.8 Å². The van der Waals surface area contributed by atoms with Crippen LogP contribution in [-0.4, -0.2) is 23.2 Å². The molecule has 0 atom stereocenters. The number of nitro benzene ring substituents is 1. The number of nitro groups is 1. The second-order valence-corrected chi connectivity index (χ2v) is 5.08. The fourth-order valence-electron chi connectivity index (χ4n) is 1.31. The molecule has 0 saturated heterocycles. The Kier molecular flexibility index (Phi) is 5.24. The first kappa shape index (κ1) is 16.4. The highest BCUT2D eigenvalue weighted by Gasteiger charge is 2.15. The predicted molar refractivity (Wildman–Crippen MR) is 74.2 cm³/mol. The number of ether oxygens (including phenoxy) is 1. The number of halogens is 1. The summed E-state index contributed by atoms with van der Waals surface area (Å²) in [7, 11) is 0. The molecule has 0 aromatic heterocycles. The minimum Gasteiger partial charge on any atom is -0.444 e. The summed E-state index contributed by atoms with van der Waals surface area (Å²) in [5.41, 5.74) is -0.921. The van der Waals surface area contributed by atoms with Crippen molar-refractivity contribution >= 4 is 11.8 Å². The Bertz CT molecular complexity index is 612. The number of carbonyl (C=O) groups excluding carboxylic acids is 1. The number of rotatable bonds is 2. The molecule has 1 aromatic carbocycles. The van der Waals surface area contributed by atoms with Crippen LogP contribution < -0.4 is 5.32 Å². The van der Waals surface area contributed by atoms with E-state index in [1.165, 1.54) is 6.07 Å². The van der Waals surface area contributed by atoms with Crippen molar-refractivity contribution in [2.45, 2.75) is 26.4 Å². The number of hydrogen-bond acceptors (Lipinski definition) is 4. The third-order valence-electron chi connectivity index (χ3n) is 2.10. The summed E-state index contributed by atoms with van der Waals surface area (Å²) in [6.45, 7) is 5.22. The second kappa shape index (κ2) is 6.70. The molecular formula is C14H15FN2O4. The average molecular weight is 294 g/mol. The second-order valence-electron chi connectivity index (χ2n) is 5.08. The van der Waals surface area contributed by atoms with Gasteiger partial charge in [0, 0.05) is 11.6 Å². The van der Waals surface area contributed by atoms with Gasteiger partial charge in [0.05, 0.1) is 11.5 Å². The molecule has 0 heterocycles. The lowest BCUT2D eigenvalue weighted by Gasteiger charge is -2.18. The minimum atomic E-state index is -0.952. The molecule has 0 saturated carbocycles. The number of nitrogens with one attached hydrogen (secondary N) is 1.